The summed E-state index contributed by atoms with van der Waals surface area (Å²) in [6, 6.07) is 12.7. The van der Waals surface area contributed by atoms with E-state index in [1.54, 1.807) is 6.07 Å². The zero-order valence-electron chi connectivity index (χ0n) is 15.3. The number of imidazole rings is 1. The van der Waals surface area contributed by atoms with Crippen LogP contribution in [-0.2, 0) is 24.2 Å². The van der Waals surface area contributed by atoms with Crippen LogP contribution in [0.4, 0.5) is 4.39 Å². The SMILES string of the molecule is CN1Cc2ccccc2C[C@H]1C(=O)NCCCc1nc2ccc(F)cc2[nH]1. The highest BCUT2D eigenvalue weighted by molar-refractivity contribution is 5.82. The van der Waals surface area contributed by atoms with Crippen molar-refractivity contribution in [3.8, 4) is 0 Å². The molecule has 0 saturated heterocycles. The number of benzene rings is 2. The van der Waals surface area contributed by atoms with Gasteiger partial charge in [-0.15, -0.1) is 0 Å². The number of aromatic nitrogens is 2. The Balaban J connectivity index is 1.29. The maximum atomic E-state index is 13.2. The summed E-state index contributed by atoms with van der Waals surface area (Å²) in [6.07, 6.45) is 2.23. The number of carbonyl (C=O) groups is 1. The molecule has 2 N–H and O–H groups in total. The van der Waals surface area contributed by atoms with E-state index in [-0.39, 0.29) is 17.8 Å². The number of fused-ring (bicyclic) bond motifs is 2. The van der Waals surface area contributed by atoms with Gasteiger partial charge in [0.1, 0.15) is 11.6 Å². The summed E-state index contributed by atoms with van der Waals surface area (Å²) in [4.78, 5) is 22.3. The summed E-state index contributed by atoms with van der Waals surface area (Å²) in [5.74, 6) is 0.607. The zero-order valence-corrected chi connectivity index (χ0v) is 15.3. The number of carbonyl (C=O) groups excluding carboxylic acids is 1. The van der Waals surface area contributed by atoms with E-state index in [2.05, 4.69) is 32.3 Å². The van der Waals surface area contributed by atoms with E-state index < -0.39 is 0 Å². The fraction of sp³-hybridized carbons (Fsp3) is 0.333. The molecule has 1 amide bonds. The normalized spacial score (nSPS) is 17.0. The molecule has 0 unspecified atom stereocenters. The first kappa shape index (κ1) is 17.7. The number of nitrogens with zero attached hydrogens (tertiary/aromatic N) is 2. The van der Waals surface area contributed by atoms with Gasteiger partial charge in [-0.1, -0.05) is 24.3 Å². The van der Waals surface area contributed by atoms with E-state index in [4.69, 9.17) is 0 Å². The van der Waals surface area contributed by atoms with Crippen LogP contribution in [0.15, 0.2) is 42.5 Å². The third-order valence-corrected chi connectivity index (χ3v) is 5.17. The molecule has 1 aliphatic heterocycles. The number of H-pyrrole nitrogens is 1. The van der Waals surface area contributed by atoms with Gasteiger partial charge >= 0.3 is 0 Å². The van der Waals surface area contributed by atoms with Crippen molar-refractivity contribution in [2.75, 3.05) is 13.6 Å². The van der Waals surface area contributed by atoms with E-state index in [0.29, 0.717) is 18.5 Å². The lowest BCUT2D eigenvalue weighted by Crippen LogP contribution is -2.48. The second-order valence-electron chi connectivity index (χ2n) is 7.14. The number of rotatable bonds is 5. The molecule has 1 aliphatic rings. The van der Waals surface area contributed by atoms with E-state index in [1.807, 2.05) is 19.2 Å². The van der Waals surface area contributed by atoms with Gasteiger partial charge < -0.3 is 10.3 Å². The second-order valence-corrected chi connectivity index (χ2v) is 7.14. The Bertz CT molecular complexity index is 968. The number of aryl methyl sites for hydroxylation is 1. The monoisotopic (exact) mass is 366 g/mol. The van der Waals surface area contributed by atoms with E-state index in [9.17, 15) is 9.18 Å². The van der Waals surface area contributed by atoms with Crippen molar-refractivity contribution in [1.82, 2.24) is 20.2 Å². The van der Waals surface area contributed by atoms with Crippen LogP contribution in [0.1, 0.15) is 23.4 Å². The lowest BCUT2D eigenvalue weighted by molar-refractivity contribution is -0.126. The first-order valence-corrected chi connectivity index (χ1v) is 9.29. The number of hydrogen-bond donors (Lipinski definition) is 2. The topological polar surface area (TPSA) is 61.0 Å². The van der Waals surface area contributed by atoms with Crippen molar-refractivity contribution in [1.29, 1.82) is 0 Å². The maximum Gasteiger partial charge on any atom is 0.237 e. The molecule has 3 aromatic rings. The Labute approximate surface area is 157 Å². The molecule has 5 nitrogen and oxygen atoms in total. The van der Waals surface area contributed by atoms with Gasteiger partial charge in [-0.25, -0.2) is 9.37 Å². The summed E-state index contributed by atoms with van der Waals surface area (Å²) in [5.41, 5.74) is 4.02. The molecule has 6 heteroatoms. The molecule has 0 saturated carbocycles. The van der Waals surface area contributed by atoms with E-state index in [1.165, 1.54) is 23.3 Å². The molecular weight excluding hydrogens is 343 g/mol. The van der Waals surface area contributed by atoms with E-state index in [0.717, 1.165) is 30.7 Å². The summed E-state index contributed by atoms with van der Waals surface area (Å²) >= 11 is 0. The molecule has 0 fully saturated rings. The van der Waals surface area contributed by atoms with Crippen molar-refractivity contribution in [3.63, 3.8) is 0 Å². The third kappa shape index (κ3) is 3.85. The zero-order chi connectivity index (χ0) is 18.8. The second kappa shape index (κ2) is 7.48. The van der Waals surface area contributed by atoms with Crippen LogP contribution in [0.5, 0.6) is 0 Å². The number of halogens is 1. The molecule has 4 rings (SSSR count). The van der Waals surface area contributed by atoms with Gasteiger partial charge in [-0.3, -0.25) is 9.69 Å². The molecular formula is C21H23FN4O. The van der Waals surface area contributed by atoms with Crippen LogP contribution in [-0.4, -0.2) is 40.4 Å². The third-order valence-electron chi connectivity index (χ3n) is 5.17. The molecule has 0 aliphatic carbocycles. The number of likely N-dealkylation sites (N-methyl/N-ethyl adjacent to an activating group) is 1. The highest BCUT2D eigenvalue weighted by Crippen LogP contribution is 2.22. The molecule has 2 aromatic carbocycles. The standard InChI is InChI=1S/C21H23FN4O/c1-26-13-15-6-3-2-5-14(15)11-19(26)21(27)23-10-4-7-20-24-17-9-8-16(22)12-18(17)25-20/h2-3,5-6,8-9,12,19H,4,7,10-11,13H2,1H3,(H,23,27)(H,24,25)/t19-/m0/s1. The molecule has 140 valence electrons. The lowest BCUT2D eigenvalue weighted by atomic mass is 9.94. The smallest absolute Gasteiger partial charge is 0.237 e. The van der Waals surface area contributed by atoms with Gasteiger partial charge in [0.15, 0.2) is 0 Å². The predicted octanol–water partition coefficient (Wildman–Crippen LogP) is 2.81. The van der Waals surface area contributed by atoms with Gasteiger partial charge in [0.25, 0.3) is 0 Å². The van der Waals surface area contributed by atoms with Crippen LogP contribution in [0.2, 0.25) is 0 Å². The van der Waals surface area contributed by atoms with Gasteiger partial charge in [-0.2, -0.15) is 0 Å². The molecule has 0 radical (unpaired) electrons. The quantitative estimate of drug-likeness (QED) is 0.683. The van der Waals surface area contributed by atoms with Crippen LogP contribution >= 0.6 is 0 Å². The first-order chi connectivity index (χ1) is 13.1. The number of hydrogen-bond acceptors (Lipinski definition) is 3. The Kier molecular flexibility index (Phi) is 4.90. The van der Waals surface area contributed by atoms with Crippen molar-refractivity contribution < 1.29 is 9.18 Å². The average molecular weight is 366 g/mol. The number of amides is 1. The maximum absolute atomic E-state index is 13.2. The minimum atomic E-state index is -0.275. The van der Waals surface area contributed by atoms with Crippen LogP contribution in [0.25, 0.3) is 11.0 Å². The Morgan fingerprint density at radius 3 is 2.96 bits per heavy atom. The largest absolute Gasteiger partial charge is 0.355 e. The summed E-state index contributed by atoms with van der Waals surface area (Å²) < 4.78 is 13.2. The predicted molar refractivity (Wildman–Crippen MR) is 103 cm³/mol. The lowest BCUT2D eigenvalue weighted by Gasteiger charge is -2.33. The Hall–Kier alpha value is -2.73. The fourth-order valence-corrected chi connectivity index (χ4v) is 3.69. The number of nitrogens with one attached hydrogen (secondary N) is 2. The number of aromatic amines is 1. The van der Waals surface area contributed by atoms with Crippen molar-refractivity contribution >= 4 is 16.9 Å². The van der Waals surface area contributed by atoms with E-state index >= 15 is 0 Å². The van der Waals surface area contributed by atoms with Crippen LogP contribution < -0.4 is 5.32 Å². The van der Waals surface area contributed by atoms with Crippen LogP contribution in [0.3, 0.4) is 0 Å². The molecule has 2 heterocycles. The summed E-state index contributed by atoms with van der Waals surface area (Å²) in [5, 5.41) is 3.04. The fourth-order valence-electron chi connectivity index (χ4n) is 3.69. The first-order valence-electron chi connectivity index (χ1n) is 9.29. The van der Waals surface area contributed by atoms with Gasteiger partial charge in [-0.05, 0) is 49.2 Å². The van der Waals surface area contributed by atoms with Gasteiger partial charge in [0, 0.05) is 19.5 Å². The average Bonchev–Trinajstić information content (AvgIpc) is 3.06. The highest BCUT2D eigenvalue weighted by atomic mass is 19.1. The van der Waals surface area contributed by atoms with Gasteiger partial charge in [0.2, 0.25) is 5.91 Å². The molecule has 1 atom stereocenters. The molecule has 27 heavy (non-hydrogen) atoms. The minimum absolute atomic E-state index is 0.0682. The van der Waals surface area contributed by atoms with Crippen LogP contribution in [0, 0.1) is 5.82 Å². The Morgan fingerprint density at radius 1 is 1.30 bits per heavy atom. The van der Waals surface area contributed by atoms with Gasteiger partial charge in [0.05, 0.1) is 17.1 Å². The molecule has 1 aromatic heterocycles. The highest BCUT2D eigenvalue weighted by Gasteiger charge is 2.28. The summed E-state index contributed by atoms with van der Waals surface area (Å²) in [6.45, 7) is 1.39. The van der Waals surface area contributed by atoms with Crippen molar-refractivity contribution in [2.24, 2.45) is 0 Å². The summed E-state index contributed by atoms with van der Waals surface area (Å²) in [7, 11) is 1.99. The Morgan fingerprint density at radius 2 is 2.11 bits per heavy atom. The molecule has 0 bridgehead atoms. The molecule has 0 spiro atoms. The minimum Gasteiger partial charge on any atom is -0.355 e. The van der Waals surface area contributed by atoms with Crippen molar-refractivity contribution in [3.05, 3.63) is 65.2 Å². The van der Waals surface area contributed by atoms with Crippen molar-refractivity contribution in [2.45, 2.75) is 31.8 Å².